The molecular weight excluding hydrogens is 235 g/mol. The lowest BCUT2D eigenvalue weighted by atomic mass is 10.3. The molecule has 0 saturated heterocycles. The summed E-state index contributed by atoms with van der Waals surface area (Å²) in [5.74, 6) is 0. The molecule has 5 heteroatoms. The quantitative estimate of drug-likeness (QED) is 0.684. The Labute approximate surface area is 82.8 Å². The van der Waals surface area contributed by atoms with E-state index in [-0.39, 0.29) is 0 Å². The number of hydrogen-bond acceptors (Lipinski definition) is 1. The summed E-state index contributed by atoms with van der Waals surface area (Å²) in [6, 6.07) is -1.78. The van der Waals surface area contributed by atoms with E-state index in [4.69, 9.17) is 6.85 Å². The molecule has 1 nitrogen and oxygen atoms in total. The summed E-state index contributed by atoms with van der Waals surface area (Å²) in [6.45, 7) is -2.94. The first kappa shape index (κ1) is 4.60. The molecule has 0 spiro atoms. The van der Waals surface area contributed by atoms with Gasteiger partial charge in [-0.2, -0.15) is 13.2 Å². The minimum Gasteiger partial charge on any atom is -0.249 e. The lowest BCUT2D eigenvalue weighted by molar-refractivity contribution is -0.141. The normalized spacial score (nSPS) is 18.8. The Kier molecular flexibility index (Phi) is 1.17. The topological polar surface area (TPSA) is 12.9 Å². The Morgan fingerprint density at radius 2 is 2.25 bits per heavy atom. The maximum atomic E-state index is 12.5. The Balaban J connectivity index is 3.63. The van der Waals surface area contributed by atoms with Crippen LogP contribution in [0.5, 0.6) is 0 Å². The molecule has 12 heavy (non-hydrogen) atoms. The Morgan fingerprint density at radius 3 is 2.75 bits per heavy atom. The molecule has 0 aromatic carbocycles. The van der Waals surface area contributed by atoms with Crippen LogP contribution in [0.25, 0.3) is 0 Å². The van der Waals surface area contributed by atoms with Crippen LogP contribution in [0.1, 0.15) is 18.2 Å². The van der Waals surface area contributed by atoms with Gasteiger partial charge in [0.25, 0.3) is 0 Å². The molecule has 0 atom stereocenters. The Morgan fingerprint density at radius 1 is 1.58 bits per heavy atom. The maximum absolute atomic E-state index is 12.5. The lowest BCUT2D eigenvalue weighted by Crippen LogP contribution is -2.08. The van der Waals surface area contributed by atoms with E-state index in [0.717, 1.165) is 0 Å². The molecule has 1 heterocycles. The first-order valence-electron chi connectivity index (χ1n) is 5.20. The Hall–Kier alpha value is -0.580. The number of halogens is 4. The van der Waals surface area contributed by atoms with Gasteiger partial charge in [-0.15, -0.1) is 0 Å². The van der Waals surface area contributed by atoms with Gasteiger partial charge in [-0.25, -0.2) is 4.98 Å². The highest BCUT2D eigenvalue weighted by Gasteiger charge is 2.32. The highest BCUT2D eigenvalue weighted by atomic mass is 79.9. The largest absolute Gasteiger partial charge is 0.433 e. The summed E-state index contributed by atoms with van der Waals surface area (Å²) in [5, 5.41) is 0. The molecule has 1 aromatic rings. The molecule has 0 aliphatic carbocycles. The number of hydrogen-bond donors (Lipinski definition) is 0. The van der Waals surface area contributed by atoms with E-state index < -0.39 is 41.0 Å². The summed E-state index contributed by atoms with van der Waals surface area (Å²) in [7, 11) is 0. The number of pyridine rings is 1. The number of aromatic nitrogens is 1. The molecule has 0 saturated carbocycles. The maximum Gasteiger partial charge on any atom is 0.433 e. The van der Waals surface area contributed by atoms with E-state index >= 15 is 0 Å². The molecule has 0 aliphatic rings. The fourth-order valence-corrected chi connectivity index (χ4v) is 0.917. The van der Waals surface area contributed by atoms with E-state index in [1.165, 1.54) is 0 Å². The molecular formula is C7H5BrF3N. The van der Waals surface area contributed by atoms with Gasteiger partial charge in [-0.05, 0) is 18.9 Å². The first-order valence-corrected chi connectivity index (χ1v) is 3.50. The van der Waals surface area contributed by atoms with Crippen LogP contribution in [0.15, 0.2) is 16.6 Å². The minimum atomic E-state index is -4.94. The molecule has 0 N–H and O–H groups in total. The zero-order chi connectivity index (χ0) is 13.6. The average molecular weight is 245 g/mol. The van der Waals surface area contributed by atoms with E-state index in [1.54, 1.807) is 0 Å². The molecule has 0 bridgehead atoms. The number of nitrogens with zero attached hydrogens (tertiary/aromatic N) is 1. The molecule has 0 fully saturated rings. The molecule has 0 aliphatic heterocycles. The first-order chi connectivity index (χ1) is 7.46. The van der Waals surface area contributed by atoms with Crippen molar-refractivity contribution in [3.8, 4) is 0 Å². The van der Waals surface area contributed by atoms with Gasteiger partial charge in [-0.3, -0.25) is 0 Å². The summed E-state index contributed by atoms with van der Waals surface area (Å²) in [6.07, 6.45) is -4.94. The fraction of sp³-hybridized carbons (Fsp3) is 0.286. The van der Waals surface area contributed by atoms with Gasteiger partial charge in [0.15, 0.2) is 0 Å². The van der Waals surface area contributed by atoms with Crippen LogP contribution in [-0.4, -0.2) is 4.98 Å². The summed E-state index contributed by atoms with van der Waals surface area (Å²) in [5.41, 5.74) is -2.60. The summed E-state index contributed by atoms with van der Waals surface area (Å²) < 4.78 is 72.4. The van der Waals surface area contributed by atoms with Crippen molar-refractivity contribution in [2.24, 2.45) is 0 Å². The number of alkyl halides is 3. The Bertz CT molecular complexity index is 418. The van der Waals surface area contributed by atoms with Gasteiger partial charge < -0.3 is 0 Å². The standard InChI is InChI=1S/C7H5BrF3N/c1-4-2-5(8)3-6(12-4)7(9,10)11/h2-3H,1H3/i1D3,2D,3D. The molecule has 0 unspecified atom stereocenters. The summed E-state index contributed by atoms with van der Waals surface area (Å²) >= 11 is 2.60. The van der Waals surface area contributed by atoms with Crippen LogP contribution >= 0.6 is 15.9 Å². The van der Waals surface area contributed by atoms with Crippen molar-refractivity contribution in [3.63, 3.8) is 0 Å². The second-order valence-corrected chi connectivity index (χ2v) is 2.66. The fourth-order valence-electron chi connectivity index (χ4n) is 0.541. The predicted molar refractivity (Wildman–Crippen MR) is 41.7 cm³/mol. The lowest BCUT2D eigenvalue weighted by Gasteiger charge is -2.06. The van der Waals surface area contributed by atoms with Crippen LogP contribution in [0, 0.1) is 6.85 Å². The van der Waals surface area contributed by atoms with Gasteiger partial charge in [0.1, 0.15) is 5.69 Å². The third kappa shape index (κ3) is 2.20. The zero-order valence-electron chi connectivity index (χ0n) is 10.5. The van der Waals surface area contributed by atoms with Crippen LogP contribution in [0.3, 0.4) is 0 Å². The van der Waals surface area contributed by atoms with Gasteiger partial charge >= 0.3 is 6.18 Å². The number of rotatable bonds is 0. The van der Waals surface area contributed by atoms with E-state index in [9.17, 15) is 13.2 Å². The monoisotopic (exact) mass is 244 g/mol. The second kappa shape index (κ2) is 3.05. The second-order valence-electron chi connectivity index (χ2n) is 1.87. The average Bonchev–Trinajstić information content (AvgIpc) is 2.10. The minimum absolute atomic E-state index is 0.536. The van der Waals surface area contributed by atoms with Crippen LogP contribution in [0.2, 0.25) is 0 Å². The third-order valence-corrected chi connectivity index (χ3v) is 1.34. The van der Waals surface area contributed by atoms with Crippen molar-refractivity contribution in [2.75, 3.05) is 0 Å². The van der Waals surface area contributed by atoms with Gasteiger partial charge in [0.2, 0.25) is 0 Å². The van der Waals surface area contributed by atoms with Crippen molar-refractivity contribution < 1.29 is 20.0 Å². The van der Waals surface area contributed by atoms with Crippen molar-refractivity contribution in [2.45, 2.75) is 13.0 Å². The van der Waals surface area contributed by atoms with Crippen LogP contribution in [0.4, 0.5) is 13.2 Å². The molecule has 0 amide bonds. The van der Waals surface area contributed by atoms with Crippen LogP contribution in [-0.2, 0) is 6.18 Å². The number of aryl methyl sites for hydroxylation is 1. The SMILES string of the molecule is [2H]c1c(C([2H])([2H])[2H])nc(C(F)(F)F)c([2H])c1Br. The van der Waals surface area contributed by atoms with Gasteiger partial charge in [0.05, 0.1) is 2.74 Å². The highest BCUT2D eigenvalue weighted by Crippen LogP contribution is 2.29. The molecule has 66 valence electrons. The van der Waals surface area contributed by atoms with E-state index in [1.807, 2.05) is 0 Å². The molecule has 1 aromatic heterocycles. The van der Waals surface area contributed by atoms with Crippen molar-refractivity contribution in [1.29, 1.82) is 0 Å². The highest BCUT2D eigenvalue weighted by molar-refractivity contribution is 9.10. The van der Waals surface area contributed by atoms with Crippen molar-refractivity contribution in [3.05, 3.63) is 27.9 Å². The molecule has 1 rings (SSSR count). The third-order valence-electron chi connectivity index (χ3n) is 0.948. The van der Waals surface area contributed by atoms with Crippen molar-refractivity contribution in [1.82, 2.24) is 4.98 Å². The van der Waals surface area contributed by atoms with Gasteiger partial charge in [0, 0.05) is 14.3 Å². The zero-order valence-corrected chi connectivity index (χ0v) is 7.05. The van der Waals surface area contributed by atoms with Gasteiger partial charge in [-0.1, -0.05) is 15.9 Å². The van der Waals surface area contributed by atoms with E-state index in [0.29, 0.717) is 0 Å². The van der Waals surface area contributed by atoms with E-state index in [2.05, 4.69) is 20.9 Å². The van der Waals surface area contributed by atoms with Crippen molar-refractivity contribution >= 4 is 15.9 Å². The molecule has 0 radical (unpaired) electrons. The smallest absolute Gasteiger partial charge is 0.249 e. The predicted octanol–water partition coefficient (Wildman–Crippen LogP) is 3.17. The van der Waals surface area contributed by atoms with Crippen LogP contribution < -0.4 is 0 Å². The summed E-state index contributed by atoms with van der Waals surface area (Å²) in [4.78, 5) is 2.88.